The zero-order valence-electron chi connectivity index (χ0n) is 12.2. The number of hydrogen-bond donors (Lipinski definition) is 0. The highest BCUT2D eigenvalue weighted by Crippen LogP contribution is 2.34. The highest BCUT2D eigenvalue weighted by atomic mass is 127. The summed E-state index contributed by atoms with van der Waals surface area (Å²) in [6.45, 7) is 0. The maximum atomic E-state index is 5.36. The summed E-state index contributed by atoms with van der Waals surface area (Å²) in [5, 5.41) is 0. The molecule has 0 heterocycles. The fourth-order valence-electron chi connectivity index (χ4n) is 1.94. The fourth-order valence-corrected chi connectivity index (χ4v) is 2.79. The minimum Gasteiger partial charge on any atom is -0.497 e. The van der Waals surface area contributed by atoms with Gasteiger partial charge in [-0.05, 0) is 58.0 Å². The molecule has 0 amide bonds. The number of hydrogen-bond acceptors (Lipinski definition) is 3. The van der Waals surface area contributed by atoms with Crippen LogP contribution in [0, 0.1) is 3.57 Å². The van der Waals surface area contributed by atoms with Crippen LogP contribution in [0.4, 0.5) is 0 Å². The second kappa shape index (κ2) is 7.36. The topological polar surface area (TPSA) is 27.7 Å². The van der Waals surface area contributed by atoms with Crippen LogP contribution in [0.1, 0.15) is 11.1 Å². The van der Waals surface area contributed by atoms with Crippen LogP contribution in [0.3, 0.4) is 0 Å². The maximum Gasteiger partial charge on any atom is 0.174 e. The zero-order valence-corrected chi connectivity index (χ0v) is 14.4. The van der Waals surface area contributed by atoms with Crippen molar-refractivity contribution in [2.45, 2.75) is 0 Å². The van der Waals surface area contributed by atoms with Gasteiger partial charge in [0.25, 0.3) is 0 Å². The molecule has 0 bridgehead atoms. The summed E-state index contributed by atoms with van der Waals surface area (Å²) in [6.07, 6.45) is 4.10. The van der Waals surface area contributed by atoms with Gasteiger partial charge in [0.1, 0.15) is 5.75 Å². The van der Waals surface area contributed by atoms with Crippen molar-refractivity contribution in [1.29, 1.82) is 0 Å². The van der Waals surface area contributed by atoms with E-state index in [-0.39, 0.29) is 0 Å². The SMILES string of the molecule is COc1ccc(/C=C\c2cc(I)c(OC)c(OC)c2)cc1. The van der Waals surface area contributed by atoms with Crippen LogP contribution in [0.25, 0.3) is 12.2 Å². The molecule has 0 aromatic heterocycles. The van der Waals surface area contributed by atoms with Gasteiger partial charge in [-0.3, -0.25) is 0 Å². The van der Waals surface area contributed by atoms with Crippen LogP contribution >= 0.6 is 22.6 Å². The Morgan fingerprint density at radius 3 is 2.05 bits per heavy atom. The molecule has 21 heavy (non-hydrogen) atoms. The molecule has 0 fully saturated rings. The van der Waals surface area contributed by atoms with E-state index < -0.39 is 0 Å². The first-order valence-electron chi connectivity index (χ1n) is 6.41. The summed E-state index contributed by atoms with van der Waals surface area (Å²) >= 11 is 2.24. The Morgan fingerprint density at radius 1 is 0.810 bits per heavy atom. The lowest BCUT2D eigenvalue weighted by atomic mass is 10.1. The Hall–Kier alpha value is -1.69. The summed E-state index contributed by atoms with van der Waals surface area (Å²) in [5.74, 6) is 2.35. The molecule has 110 valence electrons. The monoisotopic (exact) mass is 396 g/mol. The highest BCUT2D eigenvalue weighted by Gasteiger charge is 2.09. The highest BCUT2D eigenvalue weighted by molar-refractivity contribution is 14.1. The number of benzene rings is 2. The third-order valence-electron chi connectivity index (χ3n) is 3.04. The van der Waals surface area contributed by atoms with Gasteiger partial charge in [0.05, 0.1) is 24.9 Å². The normalized spacial score (nSPS) is 10.7. The van der Waals surface area contributed by atoms with E-state index in [1.54, 1.807) is 21.3 Å². The minimum atomic E-state index is 0.735. The Labute approximate surface area is 138 Å². The van der Waals surface area contributed by atoms with Gasteiger partial charge in [0.2, 0.25) is 0 Å². The summed E-state index contributed by atoms with van der Waals surface area (Å²) in [4.78, 5) is 0. The molecule has 2 aromatic carbocycles. The van der Waals surface area contributed by atoms with Crippen LogP contribution < -0.4 is 14.2 Å². The first-order valence-corrected chi connectivity index (χ1v) is 7.49. The van der Waals surface area contributed by atoms with E-state index in [4.69, 9.17) is 14.2 Å². The summed E-state index contributed by atoms with van der Waals surface area (Å²) in [5.41, 5.74) is 2.17. The van der Waals surface area contributed by atoms with Crippen molar-refractivity contribution >= 4 is 34.7 Å². The van der Waals surface area contributed by atoms with Crippen LogP contribution in [0.5, 0.6) is 17.2 Å². The Balaban J connectivity index is 2.25. The third kappa shape index (κ3) is 3.91. The van der Waals surface area contributed by atoms with Gasteiger partial charge in [-0.1, -0.05) is 24.3 Å². The lowest BCUT2D eigenvalue weighted by molar-refractivity contribution is 0.353. The predicted octanol–water partition coefficient (Wildman–Crippen LogP) is 4.49. The van der Waals surface area contributed by atoms with Crippen LogP contribution in [0.15, 0.2) is 36.4 Å². The summed E-state index contributed by atoms with van der Waals surface area (Å²) < 4.78 is 16.9. The molecular formula is C17H17IO3. The molecule has 2 rings (SSSR count). The molecule has 0 aliphatic rings. The van der Waals surface area contributed by atoms with Gasteiger partial charge >= 0.3 is 0 Å². The van der Waals surface area contributed by atoms with Crippen molar-refractivity contribution in [2.75, 3.05) is 21.3 Å². The molecule has 0 spiro atoms. The minimum absolute atomic E-state index is 0.735. The molecule has 4 heteroatoms. The Morgan fingerprint density at radius 2 is 1.48 bits per heavy atom. The second-order valence-corrected chi connectivity index (χ2v) is 5.51. The van der Waals surface area contributed by atoms with Crippen molar-refractivity contribution < 1.29 is 14.2 Å². The Bertz CT molecular complexity index is 633. The molecular weight excluding hydrogens is 379 g/mol. The predicted molar refractivity (Wildman–Crippen MR) is 94.2 cm³/mol. The van der Waals surface area contributed by atoms with E-state index in [9.17, 15) is 0 Å². The number of rotatable bonds is 5. The van der Waals surface area contributed by atoms with Gasteiger partial charge in [0, 0.05) is 0 Å². The summed E-state index contributed by atoms with van der Waals surface area (Å²) in [7, 11) is 4.95. The largest absolute Gasteiger partial charge is 0.497 e. The van der Waals surface area contributed by atoms with E-state index in [1.807, 2.05) is 36.4 Å². The summed E-state index contributed by atoms with van der Waals surface area (Å²) in [6, 6.07) is 11.9. The van der Waals surface area contributed by atoms with Crippen molar-refractivity contribution in [3.8, 4) is 17.2 Å². The van der Waals surface area contributed by atoms with Gasteiger partial charge in [-0.25, -0.2) is 0 Å². The molecule has 0 saturated heterocycles. The van der Waals surface area contributed by atoms with E-state index >= 15 is 0 Å². The molecule has 3 nitrogen and oxygen atoms in total. The smallest absolute Gasteiger partial charge is 0.174 e. The van der Waals surface area contributed by atoms with Crippen molar-refractivity contribution in [3.05, 3.63) is 51.1 Å². The molecule has 0 aliphatic heterocycles. The number of halogens is 1. The molecule has 0 N–H and O–H groups in total. The van der Waals surface area contributed by atoms with Crippen molar-refractivity contribution in [1.82, 2.24) is 0 Å². The van der Waals surface area contributed by atoms with Gasteiger partial charge < -0.3 is 14.2 Å². The second-order valence-electron chi connectivity index (χ2n) is 4.34. The average Bonchev–Trinajstić information content (AvgIpc) is 2.52. The lowest BCUT2D eigenvalue weighted by Crippen LogP contribution is -1.93. The van der Waals surface area contributed by atoms with Crippen LogP contribution in [-0.2, 0) is 0 Å². The first-order chi connectivity index (χ1) is 10.2. The number of methoxy groups -OCH3 is 3. The fraction of sp³-hybridized carbons (Fsp3) is 0.176. The van der Waals surface area contributed by atoms with E-state index in [1.165, 1.54) is 0 Å². The van der Waals surface area contributed by atoms with E-state index in [0.29, 0.717) is 0 Å². The first kappa shape index (κ1) is 15.7. The molecule has 0 radical (unpaired) electrons. The Kier molecular flexibility index (Phi) is 5.50. The zero-order chi connectivity index (χ0) is 15.2. The van der Waals surface area contributed by atoms with Crippen LogP contribution in [0.2, 0.25) is 0 Å². The molecule has 0 aliphatic carbocycles. The molecule has 0 atom stereocenters. The van der Waals surface area contributed by atoms with Gasteiger partial charge in [0.15, 0.2) is 11.5 Å². The molecule has 0 saturated carbocycles. The lowest BCUT2D eigenvalue weighted by Gasteiger charge is -2.10. The van der Waals surface area contributed by atoms with Crippen LogP contribution in [-0.4, -0.2) is 21.3 Å². The van der Waals surface area contributed by atoms with Gasteiger partial charge in [-0.2, -0.15) is 0 Å². The van der Waals surface area contributed by atoms with Crippen molar-refractivity contribution in [2.24, 2.45) is 0 Å². The van der Waals surface area contributed by atoms with E-state index in [0.717, 1.165) is 31.9 Å². The van der Waals surface area contributed by atoms with Gasteiger partial charge in [-0.15, -0.1) is 0 Å². The maximum absolute atomic E-state index is 5.36. The quantitative estimate of drug-likeness (QED) is 0.551. The molecule has 0 unspecified atom stereocenters. The average molecular weight is 396 g/mol. The number of ether oxygens (including phenoxy) is 3. The standard InChI is InChI=1S/C17H17IO3/c1-19-14-8-6-12(7-9-14)4-5-13-10-15(18)17(21-3)16(11-13)20-2/h4-11H,1-3H3/b5-4-. The van der Waals surface area contributed by atoms with E-state index in [2.05, 4.69) is 34.7 Å². The van der Waals surface area contributed by atoms with Crippen molar-refractivity contribution in [3.63, 3.8) is 0 Å². The molecule has 2 aromatic rings. The third-order valence-corrected chi connectivity index (χ3v) is 3.84.